The summed E-state index contributed by atoms with van der Waals surface area (Å²) in [6.45, 7) is 6.26. The van der Waals surface area contributed by atoms with Crippen molar-refractivity contribution in [2.45, 2.75) is 49.6 Å². The van der Waals surface area contributed by atoms with Crippen molar-refractivity contribution >= 4 is 46.6 Å². The van der Waals surface area contributed by atoms with Crippen molar-refractivity contribution in [1.82, 2.24) is 9.78 Å². The number of rotatable bonds is 5. The number of nitrogens with one attached hydrogen (secondary N) is 2. The first-order chi connectivity index (χ1) is 19.2. The SMILES string of the molecule is Cc1ccc(Sc2nn3c(c2NC(=O)c2ccccc2)NC2=C(C(=O)CC(C)(C)C2)[C@H]3c2ccc(Cl)cc2)cc1. The summed E-state index contributed by atoms with van der Waals surface area (Å²) in [6, 6.07) is 24.4. The Morgan fingerprint density at radius 1 is 1.02 bits per heavy atom. The predicted molar refractivity (Wildman–Crippen MR) is 160 cm³/mol. The fourth-order valence-electron chi connectivity index (χ4n) is 5.38. The van der Waals surface area contributed by atoms with Crippen LogP contribution in [0.15, 0.2) is 100 Å². The van der Waals surface area contributed by atoms with Crippen LogP contribution < -0.4 is 10.6 Å². The van der Waals surface area contributed by atoms with E-state index in [-0.39, 0.29) is 17.1 Å². The maximum absolute atomic E-state index is 13.6. The molecule has 0 saturated carbocycles. The van der Waals surface area contributed by atoms with Crippen LogP contribution in [0.25, 0.3) is 0 Å². The van der Waals surface area contributed by atoms with E-state index in [4.69, 9.17) is 16.7 Å². The Morgan fingerprint density at radius 3 is 2.42 bits per heavy atom. The Balaban J connectivity index is 1.52. The topological polar surface area (TPSA) is 76.0 Å². The molecule has 202 valence electrons. The number of allylic oxidation sites excluding steroid dienone is 2. The summed E-state index contributed by atoms with van der Waals surface area (Å²) < 4.78 is 1.84. The van der Waals surface area contributed by atoms with Gasteiger partial charge in [-0.3, -0.25) is 9.59 Å². The van der Waals surface area contributed by atoms with Crippen molar-refractivity contribution in [1.29, 1.82) is 0 Å². The minimum Gasteiger partial charge on any atom is -0.342 e. The average Bonchev–Trinajstić information content (AvgIpc) is 3.25. The Kier molecular flexibility index (Phi) is 6.80. The van der Waals surface area contributed by atoms with Crippen LogP contribution in [0.3, 0.4) is 0 Å². The predicted octanol–water partition coefficient (Wildman–Crippen LogP) is 7.91. The summed E-state index contributed by atoms with van der Waals surface area (Å²) in [5.74, 6) is 0.525. The Morgan fingerprint density at radius 2 is 1.73 bits per heavy atom. The summed E-state index contributed by atoms with van der Waals surface area (Å²) >= 11 is 7.71. The lowest BCUT2D eigenvalue weighted by molar-refractivity contribution is -0.118. The van der Waals surface area contributed by atoms with E-state index in [0.717, 1.165) is 21.7 Å². The standard InChI is InChI=1S/C32H29ClN4O2S/c1-19-9-15-23(16-10-19)40-31-27(35-30(39)21-7-5-4-6-8-21)29-34-24-17-32(2,3)18-25(38)26(24)28(37(29)36-31)20-11-13-22(33)14-12-20/h4-16,28,34H,17-18H2,1-3H3,(H,35,39)/t28-/m1/s1. The van der Waals surface area contributed by atoms with Crippen molar-refractivity contribution in [2.75, 3.05) is 10.6 Å². The van der Waals surface area contributed by atoms with E-state index in [2.05, 4.69) is 36.6 Å². The number of halogens is 1. The van der Waals surface area contributed by atoms with Gasteiger partial charge in [-0.1, -0.05) is 85.2 Å². The molecular weight excluding hydrogens is 540 g/mol. The molecule has 2 N–H and O–H groups in total. The molecule has 2 heterocycles. The lowest BCUT2D eigenvalue weighted by Gasteiger charge is -2.39. The Labute approximate surface area is 242 Å². The van der Waals surface area contributed by atoms with Gasteiger partial charge >= 0.3 is 0 Å². The van der Waals surface area contributed by atoms with Crippen LogP contribution in [-0.4, -0.2) is 21.5 Å². The molecule has 3 aromatic carbocycles. The first-order valence-corrected chi connectivity index (χ1v) is 14.4. The van der Waals surface area contributed by atoms with Crippen LogP contribution in [0.2, 0.25) is 5.02 Å². The molecule has 8 heteroatoms. The third-order valence-electron chi connectivity index (χ3n) is 7.28. The van der Waals surface area contributed by atoms with Crippen LogP contribution in [0.1, 0.15) is 54.2 Å². The van der Waals surface area contributed by atoms with E-state index in [9.17, 15) is 9.59 Å². The second-order valence-corrected chi connectivity index (χ2v) is 12.6. The van der Waals surface area contributed by atoms with Gasteiger partial charge in [0.25, 0.3) is 5.91 Å². The molecule has 0 fully saturated rings. The maximum atomic E-state index is 13.6. The van der Waals surface area contributed by atoms with Gasteiger partial charge < -0.3 is 10.6 Å². The molecule has 1 aromatic heterocycles. The number of Topliss-reactive ketones (excluding diaryl/α,β-unsaturated/α-hetero) is 1. The number of nitrogens with zero attached hydrogens (tertiary/aromatic N) is 2. The molecule has 2 aliphatic rings. The lowest BCUT2D eigenvalue weighted by atomic mass is 9.73. The molecule has 40 heavy (non-hydrogen) atoms. The molecule has 0 saturated heterocycles. The van der Waals surface area contributed by atoms with E-state index in [1.165, 1.54) is 11.8 Å². The molecule has 6 nitrogen and oxygen atoms in total. The first kappa shape index (κ1) is 26.4. The summed E-state index contributed by atoms with van der Waals surface area (Å²) in [5.41, 5.74) is 4.59. The number of hydrogen-bond acceptors (Lipinski definition) is 5. The highest BCUT2D eigenvalue weighted by Gasteiger charge is 2.42. The second-order valence-electron chi connectivity index (χ2n) is 11.1. The number of benzene rings is 3. The molecule has 1 aliphatic heterocycles. The van der Waals surface area contributed by atoms with E-state index in [1.54, 1.807) is 12.1 Å². The number of hydrogen-bond donors (Lipinski definition) is 2. The summed E-state index contributed by atoms with van der Waals surface area (Å²) in [5, 5.41) is 13.0. The Hall–Kier alpha value is -3.81. The van der Waals surface area contributed by atoms with Gasteiger partial charge in [-0.05, 0) is 60.7 Å². The van der Waals surface area contributed by atoms with Gasteiger partial charge in [0.15, 0.2) is 11.6 Å². The molecule has 0 spiro atoms. The van der Waals surface area contributed by atoms with E-state index in [1.807, 2.05) is 66.2 Å². The van der Waals surface area contributed by atoms with E-state index >= 15 is 0 Å². The number of carbonyl (C=O) groups is 2. The molecule has 0 radical (unpaired) electrons. The van der Waals surface area contributed by atoms with Gasteiger partial charge in [-0.15, -0.1) is 0 Å². The first-order valence-electron chi connectivity index (χ1n) is 13.2. The zero-order valence-electron chi connectivity index (χ0n) is 22.5. The normalized spacial score (nSPS) is 17.6. The van der Waals surface area contributed by atoms with Crippen molar-refractivity contribution < 1.29 is 9.59 Å². The number of ketones is 1. The highest BCUT2D eigenvalue weighted by Crippen LogP contribution is 2.49. The van der Waals surface area contributed by atoms with Crippen molar-refractivity contribution in [3.8, 4) is 0 Å². The maximum Gasteiger partial charge on any atom is 0.255 e. The monoisotopic (exact) mass is 568 g/mol. The van der Waals surface area contributed by atoms with Gasteiger partial charge in [-0.25, -0.2) is 4.68 Å². The van der Waals surface area contributed by atoms with Gasteiger partial charge in [0.1, 0.15) is 16.8 Å². The minimum absolute atomic E-state index is 0.0995. The summed E-state index contributed by atoms with van der Waals surface area (Å²) in [6.07, 6.45) is 1.16. The van der Waals surface area contributed by atoms with Crippen molar-refractivity contribution in [2.24, 2.45) is 5.41 Å². The van der Waals surface area contributed by atoms with Crippen LogP contribution in [0.4, 0.5) is 11.5 Å². The smallest absolute Gasteiger partial charge is 0.255 e. The fourth-order valence-corrected chi connectivity index (χ4v) is 6.38. The van der Waals surface area contributed by atoms with Crippen LogP contribution in [0.5, 0.6) is 0 Å². The van der Waals surface area contributed by atoms with Gasteiger partial charge in [0, 0.05) is 33.2 Å². The molecule has 0 bridgehead atoms. The molecule has 1 aliphatic carbocycles. The zero-order chi connectivity index (χ0) is 28.0. The molecular formula is C32H29ClN4O2S. The van der Waals surface area contributed by atoms with Gasteiger partial charge in [-0.2, -0.15) is 5.10 Å². The molecule has 0 unspecified atom stereocenters. The fraction of sp³-hybridized carbons (Fsp3) is 0.219. The highest BCUT2D eigenvalue weighted by atomic mass is 35.5. The number of anilines is 2. The van der Waals surface area contributed by atoms with E-state index < -0.39 is 6.04 Å². The number of aromatic nitrogens is 2. The minimum atomic E-state index is -0.452. The van der Waals surface area contributed by atoms with Crippen LogP contribution in [0, 0.1) is 12.3 Å². The number of amides is 1. The number of fused-ring (bicyclic) bond motifs is 1. The van der Waals surface area contributed by atoms with Crippen molar-refractivity contribution in [3.05, 3.63) is 112 Å². The quantitative estimate of drug-likeness (QED) is 0.256. The number of carbonyl (C=O) groups excluding carboxylic acids is 2. The van der Waals surface area contributed by atoms with Gasteiger partial charge in [0.05, 0.1) is 0 Å². The largest absolute Gasteiger partial charge is 0.342 e. The lowest BCUT2D eigenvalue weighted by Crippen LogP contribution is -2.36. The second kappa shape index (κ2) is 10.3. The van der Waals surface area contributed by atoms with Gasteiger partial charge in [0.2, 0.25) is 0 Å². The Bertz CT molecular complexity index is 1640. The third kappa shape index (κ3) is 5.07. The van der Waals surface area contributed by atoms with Crippen LogP contribution in [-0.2, 0) is 4.79 Å². The third-order valence-corrected chi connectivity index (χ3v) is 8.52. The number of aryl methyl sites for hydroxylation is 1. The zero-order valence-corrected chi connectivity index (χ0v) is 24.1. The molecule has 4 aromatic rings. The highest BCUT2D eigenvalue weighted by molar-refractivity contribution is 7.99. The van der Waals surface area contributed by atoms with Crippen molar-refractivity contribution in [3.63, 3.8) is 0 Å². The molecule has 6 rings (SSSR count). The molecule has 1 amide bonds. The van der Waals surface area contributed by atoms with Crippen LogP contribution >= 0.6 is 23.4 Å². The summed E-state index contributed by atoms with van der Waals surface area (Å²) in [4.78, 5) is 28.0. The average molecular weight is 569 g/mol. The summed E-state index contributed by atoms with van der Waals surface area (Å²) in [7, 11) is 0. The van der Waals surface area contributed by atoms with E-state index in [0.29, 0.717) is 45.5 Å². The molecule has 1 atom stereocenters.